The maximum absolute atomic E-state index is 12.7. The summed E-state index contributed by atoms with van der Waals surface area (Å²) in [6, 6.07) is 0.161. The van der Waals surface area contributed by atoms with Gasteiger partial charge in [-0.25, -0.2) is 4.98 Å². The summed E-state index contributed by atoms with van der Waals surface area (Å²) < 4.78 is 1.93. The Hall–Kier alpha value is -2.55. The quantitative estimate of drug-likeness (QED) is 0.823. The van der Waals surface area contributed by atoms with Crippen LogP contribution in [-0.2, 0) is 6.54 Å². The monoisotopic (exact) mass is 413 g/mol. The third-order valence-corrected chi connectivity index (χ3v) is 7.06. The van der Waals surface area contributed by atoms with E-state index in [1.165, 1.54) is 11.3 Å². The molecule has 0 unspecified atom stereocenters. The lowest BCUT2D eigenvalue weighted by atomic mass is 9.99. The molecule has 1 saturated heterocycles. The second kappa shape index (κ2) is 7.05. The van der Waals surface area contributed by atoms with E-state index in [9.17, 15) is 14.4 Å². The minimum absolute atomic E-state index is 0.0262. The molecule has 9 heteroatoms. The van der Waals surface area contributed by atoms with Crippen molar-refractivity contribution in [1.82, 2.24) is 24.8 Å². The fourth-order valence-corrected chi connectivity index (χ4v) is 5.41. The van der Waals surface area contributed by atoms with Crippen LogP contribution in [-0.4, -0.2) is 50.4 Å². The molecule has 152 valence electrons. The number of fused-ring (bicyclic) bond motifs is 3. The Morgan fingerprint density at radius 3 is 2.69 bits per heavy atom. The summed E-state index contributed by atoms with van der Waals surface area (Å²) in [7, 11) is 0. The van der Waals surface area contributed by atoms with E-state index < -0.39 is 5.56 Å². The molecule has 0 radical (unpaired) electrons. The highest BCUT2D eigenvalue weighted by atomic mass is 32.1. The minimum Gasteiger partial charge on any atom is -0.349 e. The Morgan fingerprint density at radius 2 is 1.97 bits per heavy atom. The summed E-state index contributed by atoms with van der Waals surface area (Å²) in [6.07, 6.45) is 5.83. The first kappa shape index (κ1) is 18.5. The summed E-state index contributed by atoms with van der Waals surface area (Å²) in [5, 5.41) is 5.63. The van der Waals surface area contributed by atoms with Crippen LogP contribution >= 0.6 is 11.3 Å². The summed E-state index contributed by atoms with van der Waals surface area (Å²) in [5.74, 6) is 0.530. The van der Waals surface area contributed by atoms with E-state index in [-0.39, 0.29) is 35.3 Å². The highest BCUT2D eigenvalue weighted by Gasteiger charge is 2.43. The largest absolute Gasteiger partial charge is 0.349 e. The number of nitrogens with zero attached hydrogens (tertiary/aromatic N) is 4. The van der Waals surface area contributed by atoms with Crippen molar-refractivity contribution in [1.29, 1.82) is 0 Å². The topological polar surface area (TPSA) is 97.2 Å². The van der Waals surface area contributed by atoms with E-state index in [2.05, 4.69) is 15.3 Å². The summed E-state index contributed by atoms with van der Waals surface area (Å²) in [5.41, 5.74) is 0.121. The molecule has 2 atom stereocenters. The first-order chi connectivity index (χ1) is 14.0. The van der Waals surface area contributed by atoms with Gasteiger partial charge < -0.3 is 14.8 Å². The zero-order valence-corrected chi connectivity index (χ0v) is 17.1. The van der Waals surface area contributed by atoms with Gasteiger partial charge in [-0.05, 0) is 19.8 Å². The normalized spacial score (nSPS) is 23.3. The molecule has 1 saturated carbocycles. The molecule has 1 aliphatic carbocycles. The summed E-state index contributed by atoms with van der Waals surface area (Å²) >= 11 is 1.46. The summed E-state index contributed by atoms with van der Waals surface area (Å²) in [4.78, 5) is 48.2. The Balaban J connectivity index is 1.34. The zero-order chi connectivity index (χ0) is 20.1. The lowest BCUT2D eigenvalue weighted by Crippen LogP contribution is -2.37. The molecule has 2 aliphatic heterocycles. The van der Waals surface area contributed by atoms with Crippen molar-refractivity contribution in [3.63, 3.8) is 0 Å². The first-order valence-corrected chi connectivity index (χ1v) is 11.0. The van der Waals surface area contributed by atoms with Crippen LogP contribution in [0.4, 0.5) is 0 Å². The van der Waals surface area contributed by atoms with Gasteiger partial charge in [0, 0.05) is 49.1 Å². The highest BCUT2D eigenvalue weighted by molar-refractivity contribution is 7.09. The lowest BCUT2D eigenvalue weighted by molar-refractivity contribution is 0.0778. The van der Waals surface area contributed by atoms with Crippen LogP contribution in [0.15, 0.2) is 16.4 Å². The van der Waals surface area contributed by atoms with Crippen molar-refractivity contribution in [2.45, 2.75) is 51.1 Å². The lowest BCUT2D eigenvalue weighted by Gasteiger charge is -2.17. The first-order valence-electron chi connectivity index (χ1n) is 10.1. The molecule has 2 fully saturated rings. The number of hydrogen-bond donors (Lipinski definition) is 1. The number of aromatic nitrogens is 3. The average Bonchev–Trinajstić information content (AvgIpc) is 3.45. The van der Waals surface area contributed by atoms with Crippen molar-refractivity contribution in [3.05, 3.63) is 44.0 Å². The zero-order valence-electron chi connectivity index (χ0n) is 16.3. The van der Waals surface area contributed by atoms with Crippen molar-refractivity contribution in [2.24, 2.45) is 5.92 Å². The van der Waals surface area contributed by atoms with Gasteiger partial charge in [0.05, 0.1) is 5.01 Å². The maximum atomic E-state index is 12.7. The van der Waals surface area contributed by atoms with Crippen LogP contribution in [0.1, 0.15) is 63.3 Å². The predicted molar refractivity (Wildman–Crippen MR) is 107 cm³/mol. The number of thiazole rings is 1. The molecule has 3 aliphatic rings. The van der Waals surface area contributed by atoms with E-state index >= 15 is 0 Å². The van der Waals surface area contributed by atoms with E-state index in [0.717, 1.165) is 30.7 Å². The van der Waals surface area contributed by atoms with Gasteiger partial charge in [0.2, 0.25) is 0 Å². The fraction of sp³-hybridized carbons (Fsp3) is 0.550. The number of hydrogen-bond acceptors (Lipinski definition) is 6. The summed E-state index contributed by atoms with van der Waals surface area (Å²) in [6.45, 7) is 3.69. The van der Waals surface area contributed by atoms with Crippen molar-refractivity contribution >= 4 is 23.2 Å². The van der Waals surface area contributed by atoms with Crippen molar-refractivity contribution in [3.8, 4) is 0 Å². The number of nitrogens with one attached hydrogen (secondary N) is 1. The SMILES string of the molecule is Cc1nc(C(=O)N2C[C@@H]3Cn4cc(C(=O)NC5CCCC5)c(=O)nc4[C@@H]3C2)cs1. The number of carbonyl (C=O) groups is 2. The number of carbonyl (C=O) groups excluding carboxylic acids is 2. The second-order valence-corrected chi connectivity index (χ2v) is 9.32. The molecular formula is C20H23N5O3S. The van der Waals surface area contributed by atoms with Gasteiger partial charge in [-0.3, -0.25) is 14.4 Å². The maximum Gasteiger partial charge on any atom is 0.285 e. The minimum atomic E-state index is -0.479. The number of likely N-dealkylation sites (tertiary alicyclic amines) is 1. The van der Waals surface area contributed by atoms with Gasteiger partial charge in [-0.1, -0.05) is 12.8 Å². The molecule has 8 nitrogen and oxygen atoms in total. The standard InChI is InChI=1S/C20H23N5O3S/c1-11-21-16(10-29-11)20(28)25-7-12-6-24-9-15(18(26)22-13-4-2-3-5-13)19(27)23-17(24)14(12)8-25/h9-10,12-14H,2-8H2,1H3,(H,22,26)/t12-,14+/m0/s1. The number of aryl methyl sites for hydroxylation is 1. The Labute approximate surface area is 172 Å². The van der Waals surface area contributed by atoms with Crippen molar-refractivity contribution < 1.29 is 9.59 Å². The molecule has 0 spiro atoms. The van der Waals surface area contributed by atoms with Gasteiger partial charge in [0.25, 0.3) is 17.4 Å². The van der Waals surface area contributed by atoms with Crippen LogP contribution in [0.3, 0.4) is 0 Å². The predicted octanol–water partition coefficient (Wildman–Crippen LogP) is 1.55. The van der Waals surface area contributed by atoms with Gasteiger partial charge in [-0.2, -0.15) is 4.98 Å². The second-order valence-electron chi connectivity index (χ2n) is 8.25. The van der Waals surface area contributed by atoms with E-state index in [1.807, 2.05) is 11.5 Å². The Bertz CT molecular complexity index is 1040. The van der Waals surface area contributed by atoms with Gasteiger partial charge >= 0.3 is 0 Å². The highest BCUT2D eigenvalue weighted by Crippen LogP contribution is 2.38. The number of amides is 2. The number of rotatable bonds is 3. The third kappa shape index (κ3) is 3.27. The van der Waals surface area contributed by atoms with E-state index in [4.69, 9.17) is 0 Å². The van der Waals surface area contributed by atoms with Crippen LogP contribution in [0, 0.1) is 12.8 Å². The van der Waals surface area contributed by atoms with Gasteiger partial charge in [0.1, 0.15) is 17.1 Å². The molecule has 29 heavy (non-hydrogen) atoms. The molecule has 5 rings (SSSR count). The van der Waals surface area contributed by atoms with Gasteiger partial charge in [0.15, 0.2) is 0 Å². The smallest absolute Gasteiger partial charge is 0.285 e. The molecule has 2 amide bonds. The molecule has 2 aromatic rings. The Morgan fingerprint density at radius 1 is 1.17 bits per heavy atom. The molecule has 2 aromatic heterocycles. The van der Waals surface area contributed by atoms with Crippen LogP contribution in [0.5, 0.6) is 0 Å². The molecule has 1 N–H and O–H groups in total. The van der Waals surface area contributed by atoms with Crippen LogP contribution in [0.2, 0.25) is 0 Å². The average molecular weight is 414 g/mol. The fourth-order valence-electron chi connectivity index (χ4n) is 4.83. The Kier molecular flexibility index (Phi) is 4.49. The van der Waals surface area contributed by atoms with Crippen LogP contribution in [0.25, 0.3) is 0 Å². The van der Waals surface area contributed by atoms with E-state index in [0.29, 0.717) is 31.2 Å². The molecule has 4 heterocycles. The molecule has 0 aromatic carbocycles. The van der Waals surface area contributed by atoms with Gasteiger partial charge in [-0.15, -0.1) is 11.3 Å². The molecule has 0 bridgehead atoms. The van der Waals surface area contributed by atoms with Crippen LogP contribution < -0.4 is 10.9 Å². The third-order valence-electron chi connectivity index (χ3n) is 6.29. The van der Waals surface area contributed by atoms with Crippen molar-refractivity contribution in [2.75, 3.05) is 13.1 Å². The molecular weight excluding hydrogens is 390 g/mol. The van der Waals surface area contributed by atoms with E-state index in [1.54, 1.807) is 16.5 Å².